The first-order valence-electron chi connectivity index (χ1n) is 19.9. The zero-order chi connectivity index (χ0) is 40.0. The van der Waals surface area contributed by atoms with Crippen LogP contribution in [0.3, 0.4) is 0 Å². The highest BCUT2D eigenvalue weighted by Crippen LogP contribution is 2.59. The van der Waals surface area contributed by atoms with Gasteiger partial charge in [0.05, 0.1) is 36.6 Å². The van der Waals surface area contributed by atoms with Gasteiger partial charge < -0.3 is 34.2 Å². The fourth-order valence-corrected chi connectivity index (χ4v) is 9.01. The number of ether oxygens (including phenoxy) is 2. The number of amides is 3. The normalized spacial score (nSPS) is 24.2. The number of anilines is 2. The summed E-state index contributed by atoms with van der Waals surface area (Å²) in [6.45, 7) is 19.2. The Kier molecular flexibility index (Phi) is 13.6. The quantitative estimate of drug-likeness (QED) is 0.139. The standard InChI is InChI=1S/C44H60N4O7/c1-9-13-19-36(50)45(8)30(7)39(31-17-15-14-16-18-31)54-43(53)37-35-24-25-44(55-35)38(37)41(51)48(34(28-49)27-29(5)6)40(44)42(52)47(26-10-2)33-22-20-32(21-23-33)46(11-3)12-4/h9-10,14-18,20-23,29-30,34-35,37-40,49H,1-2,11-13,19,24-28H2,3-8H3/t30-,34-,35-,37+,38+,39+,40-,44+/m1/s1. The van der Waals surface area contributed by atoms with Crippen molar-refractivity contribution in [3.05, 3.63) is 85.5 Å². The SMILES string of the molecule is C=CCCC(=O)N(C)[C@H](C)[C@H](OC(=O)[C@@H]1[C@H]2C(=O)N([C@@H](CO)CC(C)C)[C@H](C(=O)N(CC=C)c3ccc(N(CC)CC)cc3)[C@]23CC[C@H]1O3)c1ccccc1. The Labute approximate surface area is 326 Å². The maximum Gasteiger partial charge on any atom is 0.313 e. The first kappa shape index (κ1) is 41.7. The Bertz CT molecular complexity index is 1680. The van der Waals surface area contributed by atoms with Crippen molar-refractivity contribution in [2.75, 3.05) is 43.1 Å². The van der Waals surface area contributed by atoms with Crippen molar-refractivity contribution >= 4 is 35.1 Å². The van der Waals surface area contributed by atoms with Crippen molar-refractivity contribution in [1.29, 1.82) is 0 Å². The Balaban J connectivity index is 1.53. The molecule has 11 heteroatoms. The molecule has 3 amide bonds. The summed E-state index contributed by atoms with van der Waals surface area (Å²) in [5, 5.41) is 10.8. The zero-order valence-electron chi connectivity index (χ0n) is 33.4. The zero-order valence-corrected chi connectivity index (χ0v) is 33.4. The number of esters is 1. The van der Waals surface area contributed by atoms with Crippen LogP contribution >= 0.6 is 0 Å². The monoisotopic (exact) mass is 756 g/mol. The molecule has 11 nitrogen and oxygen atoms in total. The summed E-state index contributed by atoms with van der Waals surface area (Å²) < 4.78 is 13.2. The van der Waals surface area contributed by atoms with Gasteiger partial charge >= 0.3 is 5.97 Å². The molecule has 3 saturated heterocycles. The van der Waals surface area contributed by atoms with Crippen LogP contribution < -0.4 is 9.80 Å². The van der Waals surface area contributed by atoms with Crippen LogP contribution in [-0.2, 0) is 28.7 Å². The van der Waals surface area contributed by atoms with E-state index >= 15 is 4.79 Å². The number of hydrogen-bond donors (Lipinski definition) is 1. The number of aliphatic hydroxyl groups excluding tert-OH is 1. The molecule has 55 heavy (non-hydrogen) atoms. The number of aliphatic hydroxyl groups is 1. The number of carbonyl (C=O) groups is 4. The summed E-state index contributed by atoms with van der Waals surface area (Å²) in [4.78, 5) is 64.8. The van der Waals surface area contributed by atoms with Crippen LogP contribution in [0.5, 0.6) is 0 Å². The first-order valence-corrected chi connectivity index (χ1v) is 19.9. The molecule has 0 radical (unpaired) electrons. The predicted molar refractivity (Wildman–Crippen MR) is 214 cm³/mol. The van der Waals surface area contributed by atoms with E-state index in [4.69, 9.17) is 9.47 Å². The van der Waals surface area contributed by atoms with Gasteiger partial charge in [0.15, 0.2) is 0 Å². The summed E-state index contributed by atoms with van der Waals surface area (Å²) in [5.41, 5.74) is 1.08. The molecular weight excluding hydrogens is 697 g/mol. The van der Waals surface area contributed by atoms with Gasteiger partial charge in [0.2, 0.25) is 11.8 Å². The molecule has 3 heterocycles. The molecule has 5 rings (SSSR count). The minimum Gasteiger partial charge on any atom is -0.455 e. The van der Waals surface area contributed by atoms with Crippen molar-refractivity contribution in [3.63, 3.8) is 0 Å². The van der Waals surface area contributed by atoms with Crippen LogP contribution in [0.4, 0.5) is 11.4 Å². The molecule has 3 fully saturated rings. The second-order valence-corrected chi connectivity index (χ2v) is 15.5. The van der Waals surface area contributed by atoms with E-state index in [1.54, 1.807) is 29.0 Å². The molecule has 2 aromatic rings. The third-order valence-corrected chi connectivity index (χ3v) is 11.8. The second kappa shape index (κ2) is 18.0. The van der Waals surface area contributed by atoms with E-state index in [1.165, 1.54) is 4.90 Å². The molecule has 1 spiro atoms. The minimum absolute atomic E-state index is 0.104. The number of nitrogens with zero attached hydrogens (tertiary/aromatic N) is 4. The fraction of sp³-hybridized carbons (Fsp3) is 0.545. The lowest BCUT2D eigenvalue weighted by Gasteiger charge is -2.39. The Morgan fingerprint density at radius 1 is 1.02 bits per heavy atom. The van der Waals surface area contributed by atoms with Crippen LogP contribution in [-0.4, -0.2) is 102 Å². The molecule has 298 valence electrons. The third-order valence-electron chi connectivity index (χ3n) is 11.8. The smallest absolute Gasteiger partial charge is 0.313 e. The van der Waals surface area contributed by atoms with Crippen molar-refractivity contribution in [2.45, 2.75) is 103 Å². The van der Waals surface area contributed by atoms with Crippen LogP contribution in [0.1, 0.15) is 78.4 Å². The maximum absolute atomic E-state index is 15.1. The molecule has 0 saturated carbocycles. The van der Waals surface area contributed by atoms with Gasteiger partial charge in [-0.25, -0.2) is 0 Å². The molecule has 8 atom stereocenters. The third kappa shape index (κ3) is 8.10. The molecule has 0 aliphatic carbocycles. The van der Waals surface area contributed by atoms with Crippen LogP contribution in [0.25, 0.3) is 0 Å². The summed E-state index contributed by atoms with van der Waals surface area (Å²) in [6.07, 6.45) is 3.97. The van der Waals surface area contributed by atoms with E-state index in [0.29, 0.717) is 36.9 Å². The lowest BCUT2D eigenvalue weighted by molar-refractivity contribution is -0.165. The Hall–Kier alpha value is -4.48. The number of fused-ring (bicyclic) bond motifs is 1. The molecule has 1 N–H and O–H groups in total. The fourth-order valence-electron chi connectivity index (χ4n) is 9.01. The van der Waals surface area contributed by atoms with Crippen molar-refractivity contribution in [1.82, 2.24) is 9.80 Å². The van der Waals surface area contributed by atoms with Gasteiger partial charge in [0, 0.05) is 44.5 Å². The Morgan fingerprint density at radius 2 is 1.67 bits per heavy atom. The number of allylic oxidation sites excluding steroid dienone is 1. The van der Waals surface area contributed by atoms with Gasteiger partial charge in [-0.05, 0) is 82.2 Å². The topological polar surface area (TPSA) is 120 Å². The summed E-state index contributed by atoms with van der Waals surface area (Å²) in [5.74, 6) is -3.33. The van der Waals surface area contributed by atoms with Gasteiger partial charge in [0.25, 0.3) is 5.91 Å². The van der Waals surface area contributed by atoms with Gasteiger partial charge in [0.1, 0.15) is 17.7 Å². The van der Waals surface area contributed by atoms with E-state index in [1.807, 2.05) is 75.4 Å². The van der Waals surface area contributed by atoms with E-state index in [2.05, 4.69) is 31.9 Å². The number of hydrogen-bond acceptors (Lipinski definition) is 8. The molecule has 2 bridgehead atoms. The van der Waals surface area contributed by atoms with Crippen LogP contribution in [0.2, 0.25) is 0 Å². The van der Waals surface area contributed by atoms with Crippen LogP contribution in [0, 0.1) is 17.8 Å². The number of carbonyl (C=O) groups excluding carboxylic acids is 4. The number of rotatable bonds is 19. The average Bonchev–Trinajstić information content (AvgIpc) is 3.84. The highest BCUT2D eigenvalue weighted by Gasteiger charge is 2.75. The molecule has 0 unspecified atom stereocenters. The van der Waals surface area contributed by atoms with E-state index in [-0.39, 0.29) is 37.3 Å². The van der Waals surface area contributed by atoms with Gasteiger partial charge in [-0.3, -0.25) is 19.2 Å². The molecule has 2 aromatic carbocycles. The molecular formula is C44H60N4O7. The lowest BCUT2D eigenvalue weighted by Crippen LogP contribution is -2.59. The highest BCUT2D eigenvalue weighted by atomic mass is 16.6. The van der Waals surface area contributed by atoms with Crippen molar-refractivity contribution < 1.29 is 33.8 Å². The summed E-state index contributed by atoms with van der Waals surface area (Å²) in [7, 11) is 1.69. The van der Waals surface area contributed by atoms with Gasteiger partial charge in [-0.1, -0.05) is 56.3 Å². The summed E-state index contributed by atoms with van der Waals surface area (Å²) >= 11 is 0. The number of likely N-dealkylation sites (N-methyl/N-ethyl adjacent to an activating group) is 1. The lowest BCUT2D eigenvalue weighted by atomic mass is 9.70. The average molecular weight is 757 g/mol. The predicted octanol–water partition coefficient (Wildman–Crippen LogP) is 5.93. The second-order valence-electron chi connectivity index (χ2n) is 15.5. The van der Waals surface area contributed by atoms with Crippen molar-refractivity contribution in [2.24, 2.45) is 17.8 Å². The van der Waals surface area contributed by atoms with Gasteiger partial charge in [-0.15, -0.1) is 13.2 Å². The molecule has 3 aliphatic rings. The Morgan fingerprint density at radius 3 is 2.25 bits per heavy atom. The largest absolute Gasteiger partial charge is 0.455 e. The van der Waals surface area contributed by atoms with E-state index in [0.717, 1.165) is 18.8 Å². The van der Waals surface area contributed by atoms with Crippen molar-refractivity contribution in [3.8, 4) is 0 Å². The maximum atomic E-state index is 15.1. The molecule has 0 aromatic heterocycles. The van der Waals surface area contributed by atoms with Crippen LogP contribution in [0.15, 0.2) is 79.9 Å². The summed E-state index contributed by atoms with van der Waals surface area (Å²) in [6, 6.07) is 14.7. The van der Waals surface area contributed by atoms with E-state index < -0.39 is 59.6 Å². The number of benzene rings is 2. The number of likely N-dealkylation sites (tertiary alicyclic amines) is 1. The van der Waals surface area contributed by atoms with E-state index in [9.17, 15) is 19.5 Å². The minimum atomic E-state index is -1.31. The van der Waals surface area contributed by atoms with Gasteiger partial charge in [-0.2, -0.15) is 0 Å². The highest BCUT2D eigenvalue weighted by molar-refractivity contribution is 6.05. The first-order chi connectivity index (χ1) is 26.4. The molecule has 3 aliphatic heterocycles.